The van der Waals surface area contributed by atoms with Crippen LogP contribution in [0.15, 0.2) is 18.3 Å². The topological polar surface area (TPSA) is 22.1 Å². The van der Waals surface area contributed by atoms with E-state index in [0.29, 0.717) is 6.61 Å². The largest absolute Gasteiger partial charge is 0.486 e. The number of halogens is 1. The molecule has 2 aromatic rings. The Hall–Kier alpha value is -0.710. The van der Waals surface area contributed by atoms with Gasteiger partial charge in [-0.25, -0.2) is 4.98 Å². The second-order valence-corrected chi connectivity index (χ2v) is 5.93. The van der Waals surface area contributed by atoms with Gasteiger partial charge in [0.15, 0.2) is 0 Å². The van der Waals surface area contributed by atoms with Crippen molar-refractivity contribution in [2.24, 2.45) is 0 Å². The fourth-order valence-corrected chi connectivity index (χ4v) is 2.70. The molecule has 0 saturated heterocycles. The van der Waals surface area contributed by atoms with Gasteiger partial charge in [-0.05, 0) is 37.1 Å². The van der Waals surface area contributed by atoms with Gasteiger partial charge in [-0.2, -0.15) is 12.6 Å². The van der Waals surface area contributed by atoms with Crippen LogP contribution in [0.25, 0.3) is 0 Å². The van der Waals surface area contributed by atoms with Crippen molar-refractivity contribution in [3.63, 3.8) is 0 Å². The number of hydrogen-bond donors (Lipinski definition) is 1. The molecule has 2 rings (SSSR count). The SMILES string of the molecule is Cc1cc(OCc2ncc(CS)s2)cc(C)c1Cl. The van der Waals surface area contributed by atoms with E-state index in [2.05, 4.69) is 17.6 Å². The quantitative estimate of drug-likeness (QED) is 0.844. The molecule has 0 N–H and O–H groups in total. The molecule has 0 amide bonds. The van der Waals surface area contributed by atoms with E-state index in [-0.39, 0.29) is 0 Å². The Kier molecular flexibility index (Phi) is 4.54. The van der Waals surface area contributed by atoms with E-state index in [1.54, 1.807) is 11.3 Å². The minimum Gasteiger partial charge on any atom is -0.486 e. The number of rotatable bonds is 4. The third-order valence-corrected chi connectivity index (χ3v) is 4.65. The van der Waals surface area contributed by atoms with Crippen LogP contribution in [-0.4, -0.2) is 4.98 Å². The first-order chi connectivity index (χ1) is 8.60. The van der Waals surface area contributed by atoms with Crippen molar-refractivity contribution in [3.8, 4) is 5.75 Å². The number of ether oxygens (including phenoxy) is 1. The lowest BCUT2D eigenvalue weighted by atomic mass is 10.1. The van der Waals surface area contributed by atoms with Gasteiger partial charge < -0.3 is 4.74 Å². The Balaban J connectivity index is 2.06. The number of benzene rings is 1. The van der Waals surface area contributed by atoms with Gasteiger partial charge >= 0.3 is 0 Å². The minimum atomic E-state index is 0.485. The number of nitrogens with zero attached hydrogens (tertiary/aromatic N) is 1. The maximum atomic E-state index is 6.11. The zero-order chi connectivity index (χ0) is 13.1. The molecule has 0 atom stereocenters. The van der Waals surface area contributed by atoms with Crippen LogP contribution in [0.2, 0.25) is 5.02 Å². The minimum absolute atomic E-state index is 0.485. The lowest BCUT2D eigenvalue weighted by Gasteiger charge is -2.08. The first-order valence-corrected chi connectivity index (χ1v) is 7.37. The van der Waals surface area contributed by atoms with Gasteiger partial charge in [0.05, 0.1) is 0 Å². The smallest absolute Gasteiger partial charge is 0.140 e. The number of thiol groups is 1. The highest BCUT2D eigenvalue weighted by molar-refractivity contribution is 7.79. The Morgan fingerprint density at radius 2 is 2.00 bits per heavy atom. The molecule has 1 aromatic heterocycles. The van der Waals surface area contributed by atoms with E-state index in [9.17, 15) is 0 Å². The molecule has 18 heavy (non-hydrogen) atoms. The maximum absolute atomic E-state index is 6.11. The normalized spacial score (nSPS) is 10.7. The molecule has 0 bridgehead atoms. The average Bonchev–Trinajstić information content (AvgIpc) is 2.81. The van der Waals surface area contributed by atoms with Crippen LogP contribution in [-0.2, 0) is 12.4 Å². The van der Waals surface area contributed by atoms with E-state index in [0.717, 1.165) is 37.5 Å². The summed E-state index contributed by atoms with van der Waals surface area (Å²) in [5.41, 5.74) is 2.06. The van der Waals surface area contributed by atoms with Crippen molar-refractivity contribution in [2.45, 2.75) is 26.2 Å². The Morgan fingerprint density at radius 3 is 2.56 bits per heavy atom. The molecule has 0 aliphatic carbocycles. The third-order valence-electron chi connectivity index (χ3n) is 2.53. The monoisotopic (exact) mass is 299 g/mol. The highest BCUT2D eigenvalue weighted by atomic mass is 35.5. The summed E-state index contributed by atoms with van der Waals surface area (Å²) in [6.07, 6.45) is 1.84. The van der Waals surface area contributed by atoms with Gasteiger partial charge in [-0.15, -0.1) is 11.3 Å². The Morgan fingerprint density at radius 1 is 1.33 bits per heavy atom. The molecule has 0 spiro atoms. The lowest BCUT2D eigenvalue weighted by molar-refractivity contribution is 0.305. The van der Waals surface area contributed by atoms with Crippen LogP contribution < -0.4 is 4.74 Å². The summed E-state index contributed by atoms with van der Waals surface area (Å²) in [4.78, 5) is 5.44. The van der Waals surface area contributed by atoms with Gasteiger partial charge in [-0.3, -0.25) is 0 Å². The number of aromatic nitrogens is 1. The summed E-state index contributed by atoms with van der Waals surface area (Å²) < 4.78 is 5.73. The second-order valence-electron chi connectivity index (χ2n) is 4.04. The predicted octanol–water partition coefficient (Wildman–Crippen LogP) is 4.42. The fourth-order valence-electron chi connectivity index (χ4n) is 1.62. The van der Waals surface area contributed by atoms with Crippen molar-refractivity contribution in [1.29, 1.82) is 0 Å². The van der Waals surface area contributed by atoms with Gasteiger partial charge in [0, 0.05) is 21.8 Å². The van der Waals surface area contributed by atoms with Crippen LogP contribution in [0.4, 0.5) is 0 Å². The summed E-state index contributed by atoms with van der Waals surface area (Å²) >= 11 is 12.0. The van der Waals surface area contributed by atoms with Crippen molar-refractivity contribution >= 4 is 35.6 Å². The van der Waals surface area contributed by atoms with Gasteiger partial charge in [0.25, 0.3) is 0 Å². The summed E-state index contributed by atoms with van der Waals surface area (Å²) in [5, 5.41) is 1.76. The Bertz CT molecular complexity index is 531. The summed E-state index contributed by atoms with van der Waals surface area (Å²) in [5.74, 6) is 1.55. The molecule has 1 heterocycles. The van der Waals surface area contributed by atoms with Crippen LogP contribution in [0, 0.1) is 13.8 Å². The molecular weight excluding hydrogens is 286 g/mol. The second kappa shape index (κ2) is 5.95. The molecule has 0 saturated carbocycles. The zero-order valence-electron chi connectivity index (χ0n) is 10.2. The summed E-state index contributed by atoms with van der Waals surface area (Å²) in [6.45, 7) is 4.44. The first-order valence-electron chi connectivity index (χ1n) is 5.54. The molecule has 96 valence electrons. The third kappa shape index (κ3) is 3.19. The molecular formula is C13H14ClNOS2. The van der Waals surface area contributed by atoms with Gasteiger partial charge in [-0.1, -0.05) is 11.6 Å². The molecule has 2 nitrogen and oxygen atoms in total. The van der Waals surface area contributed by atoms with Crippen LogP contribution in [0.1, 0.15) is 21.0 Å². The van der Waals surface area contributed by atoms with E-state index in [1.807, 2.05) is 32.2 Å². The molecule has 0 aliphatic rings. The number of aryl methyl sites for hydroxylation is 2. The summed E-state index contributed by atoms with van der Waals surface area (Å²) in [7, 11) is 0. The van der Waals surface area contributed by atoms with E-state index in [1.165, 1.54) is 0 Å². The van der Waals surface area contributed by atoms with E-state index in [4.69, 9.17) is 16.3 Å². The van der Waals surface area contributed by atoms with Gasteiger partial charge in [0.1, 0.15) is 17.4 Å². The molecule has 1 aromatic carbocycles. The molecule has 0 radical (unpaired) electrons. The number of hydrogen-bond acceptors (Lipinski definition) is 4. The maximum Gasteiger partial charge on any atom is 0.140 e. The number of thiazole rings is 1. The highest BCUT2D eigenvalue weighted by Crippen LogP contribution is 2.26. The van der Waals surface area contributed by atoms with Crippen LogP contribution in [0.3, 0.4) is 0 Å². The van der Waals surface area contributed by atoms with E-state index >= 15 is 0 Å². The molecule has 0 unspecified atom stereocenters. The van der Waals surface area contributed by atoms with Crippen molar-refractivity contribution < 1.29 is 4.74 Å². The zero-order valence-corrected chi connectivity index (χ0v) is 12.7. The standard InChI is InChI=1S/C13H14ClNOS2/c1-8-3-10(4-9(2)13(8)14)16-6-12-15-5-11(7-17)18-12/h3-5,17H,6-7H2,1-2H3. The van der Waals surface area contributed by atoms with Crippen molar-refractivity contribution in [1.82, 2.24) is 4.98 Å². The van der Waals surface area contributed by atoms with Crippen molar-refractivity contribution in [2.75, 3.05) is 0 Å². The summed E-state index contributed by atoms with van der Waals surface area (Å²) in [6, 6.07) is 3.89. The van der Waals surface area contributed by atoms with Gasteiger partial charge in [0.2, 0.25) is 0 Å². The van der Waals surface area contributed by atoms with Crippen LogP contribution in [0.5, 0.6) is 5.75 Å². The van der Waals surface area contributed by atoms with Crippen LogP contribution >= 0.6 is 35.6 Å². The Labute approximate surface area is 121 Å². The molecule has 0 aliphatic heterocycles. The first kappa shape index (κ1) is 13.7. The predicted molar refractivity (Wildman–Crippen MR) is 80.1 cm³/mol. The highest BCUT2D eigenvalue weighted by Gasteiger charge is 2.05. The molecule has 5 heteroatoms. The fraction of sp³-hybridized carbons (Fsp3) is 0.308. The van der Waals surface area contributed by atoms with Crippen molar-refractivity contribution in [3.05, 3.63) is 44.4 Å². The lowest BCUT2D eigenvalue weighted by Crippen LogP contribution is -1.95. The molecule has 0 fully saturated rings. The van der Waals surface area contributed by atoms with E-state index < -0.39 is 0 Å². The average molecular weight is 300 g/mol.